The Labute approximate surface area is 77.7 Å². The van der Waals surface area contributed by atoms with Crippen LogP contribution in [0.15, 0.2) is 0 Å². The Morgan fingerprint density at radius 2 is 1.92 bits per heavy atom. The summed E-state index contributed by atoms with van der Waals surface area (Å²) in [5, 5.41) is 0. The van der Waals surface area contributed by atoms with Crippen LogP contribution in [0.25, 0.3) is 0 Å². The van der Waals surface area contributed by atoms with Gasteiger partial charge in [-0.25, -0.2) is 0 Å². The summed E-state index contributed by atoms with van der Waals surface area (Å²) in [6, 6.07) is 0. The van der Waals surface area contributed by atoms with Crippen LogP contribution in [0, 0.1) is 12.3 Å². The minimum absolute atomic E-state index is 0.796. The predicted molar refractivity (Wildman–Crippen MR) is 55.0 cm³/mol. The second-order valence-corrected chi connectivity index (χ2v) is 4.41. The molecule has 0 aromatic carbocycles. The Hall–Kier alpha value is 0. The maximum Gasteiger partial charge on any atom is -0.0298 e. The molecule has 0 saturated heterocycles. The summed E-state index contributed by atoms with van der Waals surface area (Å²) >= 11 is 0. The fourth-order valence-corrected chi connectivity index (χ4v) is 2.51. The minimum Gasteiger partial charge on any atom is -0.0654 e. The standard InChI is InChI=1S/C12H23/c1-3-5-6-9-12(8-4-2)10-7-11-12/h1,3-11H2,2H3. The van der Waals surface area contributed by atoms with Crippen LogP contribution in [0.4, 0.5) is 0 Å². The van der Waals surface area contributed by atoms with Gasteiger partial charge in [-0.1, -0.05) is 46.0 Å². The van der Waals surface area contributed by atoms with Gasteiger partial charge in [0.25, 0.3) is 0 Å². The molecule has 1 radical (unpaired) electrons. The van der Waals surface area contributed by atoms with Crippen molar-refractivity contribution in [1.29, 1.82) is 0 Å². The molecular weight excluding hydrogens is 144 g/mol. The molecule has 12 heavy (non-hydrogen) atoms. The zero-order chi connectivity index (χ0) is 8.86. The number of unbranched alkanes of at least 4 members (excludes halogenated alkanes) is 2. The van der Waals surface area contributed by atoms with Gasteiger partial charge < -0.3 is 0 Å². The van der Waals surface area contributed by atoms with E-state index in [0.717, 1.165) is 11.8 Å². The van der Waals surface area contributed by atoms with E-state index in [2.05, 4.69) is 13.8 Å². The third-order valence-electron chi connectivity index (χ3n) is 3.40. The van der Waals surface area contributed by atoms with Gasteiger partial charge >= 0.3 is 0 Å². The molecule has 0 aliphatic heterocycles. The summed E-state index contributed by atoms with van der Waals surface area (Å²) in [5.74, 6) is 0. The molecule has 1 saturated carbocycles. The molecule has 0 N–H and O–H groups in total. The van der Waals surface area contributed by atoms with Gasteiger partial charge in [0.05, 0.1) is 0 Å². The van der Waals surface area contributed by atoms with Gasteiger partial charge in [-0.3, -0.25) is 0 Å². The van der Waals surface area contributed by atoms with E-state index in [1.54, 1.807) is 0 Å². The first kappa shape index (κ1) is 10.1. The molecule has 0 aromatic rings. The topological polar surface area (TPSA) is 0 Å². The van der Waals surface area contributed by atoms with Crippen LogP contribution in [0.1, 0.15) is 64.7 Å². The Morgan fingerprint density at radius 1 is 1.17 bits per heavy atom. The smallest absolute Gasteiger partial charge is 0.0298 e. The van der Waals surface area contributed by atoms with Gasteiger partial charge in [0.1, 0.15) is 0 Å². The Morgan fingerprint density at radius 3 is 2.33 bits per heavy atom. The normalized spacial score (nSPS) is 20.5. The van der Waals surface area contributed by atoms with Crippen LogP contribution in [0.2, 0.25) is 0 Å². The van der Waals surface area contributed by atoms with E-state index in [1.807, 2.05) is 0 Å². The lowest BCUT2D eigenvalue weighted by Crippen LogP contribution is -2.28. The van der Waals surface area contributed by atoms with Crippen LogP contribution >= 0.6 is 0 Å². The van der Waals surface area contributed by atoms with E-state index in [1.165, 1.54) is 51.4 Å². The second kappa shape index (κ2) is 4.89. The average Bonchev–Trinajstić information content (AvgIpc) is 2.00. The molecule has 0 spiro atoms. The summed E-state index contributed by atoms with van der Waals surface area (Å²) in [7, 11) is 0. The first-order chi connectivity index (χ1) is 5.83. The van der Waals surface area contributed by atoms with Crippen molar-refractivity contribution in [2.45, 2.75) is 64.7 Å². The van der Waals surface area contributed by atoms with Crippen LogP contribution in [0.3, 0.4) is 0 Å². The molecule has 1 aliphatic carbocycles. The van der Waals surface area contributed by atoms with Crippen LogP contribution in [0.5, 0.6) is 0 Å². The Bertz CT molecular complexity index is 111. The first-order valence-electron chi connectivity index (χ1n) is 5.62. The third-order valence-corrected chi connectivity index (χ3v) is 3.40. The van der Waals surface area contributed by atoms with Crippen molar-refractivity contribution in [2.24, 2.45) is 5.41 Å². The summed E-state index contributed by atoms with van der Waals surface area (Å²) < 4.78 is 0. The van der Waals surface area contributed by atoms with Gasteiger partial charge in [0, 0.05) is 0 Å². The molecular formula is C12H23. The van der Waals surface area contributed by atoms with Crippen molar-refractivity contribution in [3.05, 3.63) is 6.92 Å². The molecule has 0 bridgehead atoms. The zero-order valence-corrected chi connectivity index (χ0v) is 8.57. The van der Waals surface area contributed by atoms with Gasteiger partial charge in [-0.05, 0) is 31.1 Å². The molecule has 0 aromatic heterocycles. The lowest BCUT2D eigenvalue weighted by atomic mass is 9.63. The largest absolute Gasteiger partial charge is 0.0654 e. The molecule has 0 nitrogen and oxygen atoms in total. The van der Waals surface area contributed by atoms with Gasteiger partial charge in [0.15, 0.2) is 0 Å². The predicted octanol–water partition coefficient (Wildman–Crippen LogP) is 4.35. The molecule has 0 heteroatoms. The Balaban J connectivity index is 2.15. The molecule has 0 atom stereocenters. The van der Waals surface area contributed by atoms with Gasteiger partial charge in [-0.15, -0.1) is 0 Å². The maximum atomic E-state index is 3.90. The van der Waals surface area contributed by atoms with E-state index in [0.29, 0.717) is 0 Å². The maximum absolute atomic E-state index is 3.90. The van der Waals surface area contributed by atoms with Crippen LogP contribution < -0.4 is 0 Å². The number of hydrogen-bond donors (Lipinski definition) is 0. The van der Waals surface area contributed by atoms with Crippen molar-refractivity contribution < 1.29 is 0 Å². The lowest BCUT2D eigenvalue weighted by Gasteiger charge is -2.42. The Kier molecular flexibility index (Phi) is 4.11. The van der Waals surface area contributed by atoms with Crippen LogP contribution in [-0.4, -0.2) is 0 Å². The van der Waals surface area contributed by atoms with Gasteiger partial charge in [0.2, 0.25) is 0 Å². The van der Waals surface area contributed by atoms with Crippen molar-refractivity contribution in [3.8, 4) is 0 Å². The van der Waals surface area contributed by atoms with Crippen molar-refractivity contribution in [2.75, 3.05) is 0 Å². The summed E-state index contributed by atoms with van der Waals surface area (Å²) in [5.41, 5.74) is 0.796. The van der Waals surface area contributed by atoms with Crippen LogP contribution in [-0.2, 0) is 0 Å². The molecule has 71 valence electrons. The van der Waals surface area contributed by atoms with Gasteiger partial charge in [-0.2, -0.15) is 0 Å². The SMILES string of the molecule is [CH2]CCCCC1(CCC)CCC1. The number of rotatable bonds is 6. The number of hydrogen-bond acceptors (Lipinski definition) is 0. The highest BCUT2D eigenvalue weighted by Crippen LogP contribution is 2.48. The van der Waals surface area contributed by atoms with E-state index in [9.17, 15) is 0 Å². The average molecular weight is 167 g/mol. The minimum atomic E-state index is 0.796. The van der Waals surface area contributed by atoms with E-state index < -0.39 is 0 Å². The molecule has 1 rings (SSSR count). The highest BCUT2D eigenvalue weighted by atomic mass is 14.4. The molecule has 1 fully saturated rings. The van der Waals surface area contributed by atoms with Crippen molar-refractivity contribution in [1.82, 2.24) is 0 Å². The molecule has 0 unspecified atom stereocenters. The summed E-state index contributed by atoms with van der Waals surface area (Å²) in [4.78, 5) is 0. The van der Waals surface area contributed by atoms with E-state index >= 15 is 0 Å². The monoisotopic (exact) mass is 167 g/mol. The quantitative estimate of drug-likeness (QED) is 0.516. The van der Waals surface area contributed by atoms with E-state index in [-0.39, 0.29) is 0 Å². The third kappa shape index (κ3) is 2.50. The second-order valence-electron chi connectivity index (χ2n) is 4.41. The van der Waals surface area contributed by atoms with Crippen molar-refractivity contribution >= 4 is 0 Å². The molecule has 1 aliphatic rings. The zero-order valence-electron chi connectivity index (χ0n) is 8.57. The molecule has 0 heterocycles. The fraction of sp³-hybridized carbons (Fsp3) is 0.917. The fourth-order valence-electron chi connectivity index (χ4n) is 2.51. The highest BCUT2D eigenvalue weighted by molar-refractivity contribution is 4.86. The summed E-state index contributed by atoms with van der Waals surface area (Å²) in [6.45, 7) is 6.22. The lowest BCUT2D eigenvalue weighted by molar-refractivity contribution is 0.101. The first-order valence-corrected chi connectivity index (χ1v) is 5.62. The van der Waals surface area contributed by atoms with E-state index in [4.69, 9.17) is 0 Å². The molecule has 0 amide bonds. The highest BCUT2D eigenvalue weighted by Gasteiger charge is 2.34. The summed E-state index contributed by atoms with van der Waals surface area (Å²) in [6.07, 6.45) is 12.7. The van der Waals surface area contributed by atoms with Crippen molar-refractivity contribution in [3.63, 3.8) is 0 Å².